The minimum absolute atomic E-state index is 0.0913. The van der Waals surface area contributed by atoms with E-state index in [9.17, 15) is 4.79 Å². The molecule has 0 saturated heterocycles. The van der Waals surface area contributed by atoms with Crippen LogP contribution in [-0.2, 0) is 11.3 Å². The van der Waals surface area contributed by atoms with E-state index in [0.29, 0.717) is 12.4 Å². The maximum Gasteiger partial charge on any atom is 0.317 e. The molecule has 1 heterocycles. The second-order valence-electron chi connectivity index (χ2n) is 2.70. The van der Waals surface area contributed by atoms with Crippen LogP contribution in [0.2, 0.25) is 0 Å². The van der Waals surface area contributed by atoms with E-state index in [1.165, 1.54) is 0 Å². The van der Waals surface area contributed by atoms with E-state index in [-0.39, 0.29) is 6.54 Å². The molecule has 0 radical (unpaired) electrons. The number of rotatable bonds is 4. The first-order valence-electron chi connectivity index (χ1n) is 3.92. The van der Waals surface area contributed by atoms with Crippen molar-refractivity contribution in [3.63, 3.8) is 0 Å². The molecule has 0 spiro atoms. The Hall–Kier alpha value is -1.14. The maximum atomic E-state index is 10.2. The van der Waals surface area contributed by atoms with Crippen LogP contribution in [0, 0.1) is 0 Å². The van der Waals surface area contributed by atoms with Crippen LogP contribution in [0.4, 0.5) is 5.82 Å². The van der Waals surface area contributed by atoms with Gasteiger partial charge in [-0.15, -0.1) is 0 Å². The van der Waals surface area contributed by atoms with Crippen molar-refractivity contribution in [1.29, 1.82) is 0 Å². The molecule has 0 unspecified atom stereocenters. The number of hydrogen-bond donors (Lipinski definition) is 3. The zero-order valence-electron chi connectivity index (χ0n) is 7.33. The first kappa shape index (κ1) is 10.9. The van der Waals surface area contributed by atoms with Gasteiger partial charge in [-0.05, 0) is 22.0 Å². The maximum absolute atomic E-state index is 10.2. The second-order valence-corrected chi connectivity index (χ2v) is 3.61. The first-order chi connectivity index (χ1) is 6.59. The van der Waals surface area contributed by atoms with E-state index < -0.39 is 5.97 Å². The van der Waals surface area contributed by atoms with E-state index in [4.69, 9.17) is 10.8 Å². The lowest BCUT2D eigenvalue weighted by molar-refractivity contribution is -0.135. The standard InChI is InChI=1S/C8H10BrN3O2/c9-6-1-5(8(10)12-3-6)2-11-4-7(13)14/h1,3,11H,2,4H2,(H2,10,12)(H,13,14). The van der Waals surface area contributed by atoms with Crippen molar-refractivity contribution in [2.75, 3.05) is 12.3 Å². The third-order valence-electron chi connectivity index (χ3n) is 1.56. The van der Waals surface area contributed by atoms with E-state index in [1.807, 2.05) is 0 Å². The number of carboxylic acids is 1. The van der Waals surface area contributed by atoms with Gasteiger partial charge in [0.05, 0.1) is 6.54 Å². The molecule has 0 aliphatic carbocycles. The van der Waals surface area contributed by atoms with E-state index in [0.717, 1.165) is 10.0 Å². The lowest BCUT2D eigenvalue weighted by Gasteiger charge is -2.05. The normalized spacial score (nSPS) is 10.1. The molecule has 0 aromatic carbocycles. The number of nitrogens with two attached hydrogens (primary N) is 1. The van der Waals surface area contributed by atoms with Crippen molar-refractivity contribution < 1.29 is 9.90 Å². The third-order valence-corrected chi connectivity index (χ3v) is 1.99. The van der Waals surface area contributed by atoms with Crippen LogP contribution in [-0.4, -0.2) is 22.6 Å². The predicted octanol–water partition coefficient (Wildman–Crippen LogP) is 0.600. The first-order valence-corrected chi connectivity index (χ1v) is 4.71. The number of nitrogen functional groups attached to an aromatic ring is 1. The number of carboxylic acid groups (broad SMARTS) is 1. The Morgan fingerprint density at radius 3 is 3.07 bits per heavy atom. The number of aromatic nitrogens is 1. The molecule has 4 N–H and O–H groups in total. The second kappa shape index (κ2) is 4.92. The van der Waals surface area contributed by atoms with Crippen molar-refractivity contribution in [2.24, 2.45) is 0 Å². The number of aliphatic carboxylic acids is 1. The minimum Gasteiger partial charge on any atom is -0.480 e. The monoisotopic (exact) mass is 259 g/mol. The topological polar surface area (TPSA) is 88.2 Å². The highest BCUT2D eigenvalue weighted by Crippen LogP contribution is 2.14. The average Bonchev–Trinajstić information content (AvgIpc) is 2.10. The van der Waals surface area contributed by atoms with Gasteiger partial charge in [0.2, 0.25) is 0 Å². The Bertz CT molecular complexity index is 343. The van der Waals surface area contributed by atoms with Gasteiger partial charge in [0.25, 0.3) is 0 Å². The van der Waals surface area contributed by atoms with E-state index in [1.54, 1.807) is 12.3 Å². The number of nitrogens with one attached hydrogen (secondary N) is 1. The quantitative estimate of drug-likeness (QED) is 0.737. The highest BCUT2D eigenvalue weighted by Gasteiger charge is 2.02. The summed E-state index contributed by atoms with van der Waals surface area (Å²) in [5, 5.41) is 11.1. The molecule has 76 valence electrons. The summed E-state index contributed by atoms with van der Waals surface area (Å²) in [6.45, 7) is 0.302. The van der Waals surface area contributed by atoms with Gasteiger partial charge in [0, 0.05) is 22.8 Å². The Balaban J connectivity index is 2.57. The highest BCUT2D eigenvalue weighted by molar-refractivity contribution is 9.10. The number of halogens is 1. The zero-order chi connectivity index (χ0) is 10.6. The molecule has 0 bridgehead atoms. The van der Waals surface area contributed by atoms with Crippen LogP contribution in [0.25, 0.3) is 0 Å². The van der Waals surface area contributed by atoms with Crippen LogP contribution >= 0.6 is 15.9 Å². The smallest absolute Gasteiger partial charge is 0.317 e. The molecule has 14 heavy (non-hydrogen) atoms. The summed E-state index contributed by atoms with van der Waals surface area (Å²) >= 11 is 3.25. The Morgan fingerprint density at radius 2 is 2.43 bits per heavy atom. The Labute approximate surface area is 89.5 Å². The molecule has 0 amide bonds. The molecular formula is C8H10BrN3O2. The summed E-state index contributed by atoms with van der Waals surface area (Å²) < 4.78 is 0.818. The summed E-state index contributed by atoms with van der Waals surface area (Å²) in [6, 6.07) is 1.80. The largest absolute Gasteiger partial charge is 0.480 e. The van der Waals surface area contributed by atoms with Gasteiger partial charge in [-0.1, -0.05) is 0 Å². The molecule has 1 aromatic heterocycles. The van der Waals surface area contributed by atoms with Gasteiger partial charge < -0.3 is 16.2 Å². The average molecular weight is 260 g/mol. The zero-order valence-corrected chi connectivity index (χ0v) is 8.91. The molecule has 6 heteroatoms. The number of hydrogen-bond acceptors (Lipinski definition) is 4. The molecular weight excluding hydrogens is 250 g/mol. The summed E-state index contributed by atoms with van der Waals surface area (Å²) in [6.07, 6.45) is 1.59. The van der Waals surface area contributed by atoms with Crippen LogP contribution in [0.1, 0.15) is 5.56 Å². The van der Waals surface area contributed by atoms with E-state index in [2.05, 4.69) is 26.2 Å². The summed E-state index contributed by atoms with van der Waals surface area (Å²) in [4.78, 5) is 14.1. The lowest BCUT2D eigenvalue weighted by atomic mass is 10.2. The van der Waals surface area contributed by atoms with Crippen molar-refractivity contribution in [3.05, 3.63) is 22.3 Å². The summed E-state index contributed by atoms with van der Waals surface area (Å²) in [5.41, 5.74) is 6.37. The number of anilines is 1. The molecule has 0 saturated carbocycles. The molecule has 5 nitrogen and oxygen atoms in total. The highest BCUT2D eigenvalue weighted by atomic mass is 79.9. The predicted molar refractivity (Wildman–Crippen MR) is 55.7 cm³/mol. The minimum atomic E-state index is -0.897. The van der Waals surface area contributed by atoms with Gasteiger partial charge in [-0.2, -0.15) is 0 Å². The van der Waals surface area contributed by atoms with Gasteiger partial charge in [-0.3, -0.25) is 4.79 Å². The molecule has 0 aliphatic rings. The Kier molecular flexibility index (Phi) is 3.84. The fourth-order valence-electron chi connectivity index (χ4n) is 0.937. The molecule has 0 atom stereocenters. The number of carbonyl (C=O) groups is 1. The van der Waals surface area contributed by atoms with Crippen LogP contribution in [0.3, 0.4) is 0 Å². The van der Waals surface area contributed by atoms with Crippen molar-refractivity contribution in [1.82, 2.24) is 10.3 Å². The van der Waals surface area contributed by atoms with Crippen molar-refractivity contribution in [2.45, 2.75) is 6.54 Å². The van der Waals surface area contributed by atoms with Crippen LogP contribution in [0.5, 0.6) is 0 Å². The fourth-order valence-corrected chi connectivity index (χ4v) is 1.32. The van der Waals surface area contributed by atoms with Crippen LogP contribution < -0.4 is 11.1 Å². The van der Waals surface area contributed by atoms with E-state index >= 15 is 0 Å². The van der Waals surface area contributed by atoms with Gasteiger partial charge >= 0.3 is 5.97 Å². The molecule has 0 fully saturated rings. The molecule has 1 aromatic rings. The molecule has 1 rings (SSSR count). The van der Waals surface area contributed by atoms with Crippen molar-refractivity contribution >= 4 is 27.7 Å². The Morgan fingerprint density at radius 1 is 1.71 bits per heavy atom. The molecule has 0 aliphatic heterocycles. The number of nitrogens with zero attached hydrogens (tertiary/aromatic N) is 1. The SMILES string of the molecule is Nc1ncc(Br)cc1CNCC(=O)O. The van der Waals surface area contributed by atoms with Crippen LogP contribution in [0.15, 0.2) is 16.7 Å². The van der Waals surface area contributed by atoms with Crippen molar-refractivity contribution in [3.8, 4) is 0 Å². The van der Waals surface area contributed by atoms with Gasteiger partial charge in [0.15, 0.2) is 0 Å². The number of pyridine rings is 1. The third kappa shape index (κ3) is 3.31. The fraction of sp³-hybridized carbons (Fsp3) is 0.250. The van der Waals surface area contributed by atoms with Gasteiger partial charge in [-0.25, -0.2) is 4.98 Å². The van der Waals surface area contributed by atoms with Gasteiger partial charge in [0.1, 0.15) is 5.82 Å². The summed E-state index contributed by atoms with van der Waals surface area (Å²) in [7, 11) is 0. The summed E-state index contributed by atoms with van der Waals surface area (Å²) in [5.74, 6) is -0.488. The lowest BCUT2D eigenvalue weighted by Crippen LogP contribution is -2.22.